The van der Waals surface area contributed by atoms with Crippen molar-refractivity contribution in [1.29, 1.82) is 0 Å². The average Bonchev–Trinajstić information content (AvgIpc) is 2.73. The number of imidazole rings is 1. The molecular weight excluding hydrogens is 220 g/mol. The molecule has 0 bridgehead atoms. The molecule has 0 unspecified atom stereocenters. The Morgan fingerprint density at radius 1 is 1.29 bits per heavy atom. The fraction of sp³-hybridized carbons (Fsp3) is 0. The molecule has 0 saturated heterocycles. The number of nitrogens with one attached hydrogen (secondary N) is 1. The molecule has 0 radical (unpaired) electrons. The Morgan fingerprint density at radius 2 is 2.00 bits per heavy atom. The Balaban J connectivity index is 2.28. The molecule has 86 valence electrons. The minimum Gasteiger partial charge on any atom is -0.478 e. The van der Waals surface area contributed by atoms with Crippen molar-refractivity contribution in [2.45, 2.75) is 0 Å². The van der Waals surface area contributed by atoms with Crippen LogP contribution in [0.1, 0.15) is 5.56 Å². The standard InChI is InChI=1S/C12H10N2O3/c15-11(16)6-3-9-1-4-10(5-2-9)14-8-7-13-12(14)17/h1-8H,(H,13,17)(H,15,16)/b6-3+. The number of H-pyrrole nitrogens is 1. The van der Waals surface area contributed by atoms with Crippen LogP contribution < -0.4 is 5.69 Å². The number of rotatable bonds is 3. The van der Waals surface area contributed by atoms with Gasteiger partial charge in [0.25, 0.3) is 0 Å². The topological polar surface area (TPSA) is 75.1 Å². The molecule has 0 aliphatic heterocycles. The normalized spacial score (nSPS) is 10.8. The van der Waals surface area contributed by atoms with E-state index in [2.05, 4.69) is 4.98 Å². The minimum absolute atomic E-state index is 0.209. The molecule has 0 fully saturated rings. The Kier molecular flexibility index (Phi) is 2.91. The van der Waals surface area contributed by atoms with Crippen molar-refractivity contribution in [3.8, 4) is 5.69 Å². The van der Waals surface area contributed by atoms with Crippen LogP contribution in [0, 0.1) is 0 Å². The molecular formula is C12H10N2O3. The molecule has 2 aromatic rings. The highest BCUT2D eigenvalue weighted by atomic mass is 16.4. The molecule has 5 nitrogen and oxygen atoms in total. The molecule has 2 N–H and O–H groups in total. The Labute approximate surface area is 96.6 Å². The second-order valence-electron chi connectivity index (χ2n) is 3.40. The van der Waals surface area contributed by atoms with E-state index in [1.165, 1.54) is 10.6 Å². The molecule has 0 atom stereocenters. The zero-order valence-corrected chi connectivity index (χ0v) is 8.83. The zero-order chi connectivity index (χ0) is 12.3. The first kappa shape index (κ1) is 10.9. The van der Waals surface area contributed by atoms with Crippen molar-refractivity contribution in [2.75, 3.05) is 0 Å². The summed E-state index contributed by atoms with van der Waals surface area (Å²) in [5.74, 6) is -0.990. The van der Waals surface area contributed by atoms with Crippen molar-refractivity contribution in [3.63, 3.8) is 0 Å². The summed E-state index contributed by atoms with van der Waals surface area (Å²) in [5, 5.41) is 8.48. The number of aromatic amines is 1. The van der Waals surface area contributed by atoms with Crippen molar-refractivity contribution in [1.82, 2.24) is 9.55 Å². The summed E-state index contributed by atoms with van der Waals surface area (Å²) < 4.78 is 1.46. The van der Waals surface area contributed by atoms with E-state index in [0.717, 1.165) is 17.3 Å². The monoisotopic (exact) mass is 230 g/mol. The predicted molar refractivity (Wildman–Crippen MR) is 63.1 cm³/mol. The third-order valence-electron chi connectivity index (χ3n) is 2.24. The van der Waals surface area contributed by atoms with E-state index < -0.39 is 5.97 Å². The van der Waals surface area contributed by atoms with Gasteiger partial charge < -0.3 is 10.1 Å². The van der Waals surface area contributed by atoms with Crippen LogP contribution in [0.25, 0.3) is 11.8 Å². The van der Waals surface area contributed by atoms with Gasteiger partial charge in [-0.2, -0.15) is 0 Å². The first-order valence-corrected chi connectivity index (χ1v) is 4.94. The van der Waals surface area contributed by atoms with Crippen LogP contribution in [0.4, 0.5) is 0 Å². The van der Waals surface area contributed by atoms with Gasteiger partial charge in [0, 0.05) is 18.5 Å². The summed E-state index contributed by atoms with van der Waals surface area (Å²) >= 11 is 0. The number of aliphatic carboxylic acids is 1. The molecule has 0 aliphatic rings. The number of carbonyl (C=O) groups is 1. The van der Waals surface area contributed by atoms with Crippen LogP contribution in [0.5, 0.6) is 0 Å². The van der Waals surface area contributed by atoms with E-state index >= 15 is 0 Å². The van der Waals surface area contributed by atoms with Crippen molar-refractivity contribution < 1.29 is 9.90 Å². The van der Waals surface area contributed by atoms with Crippen LogP contribution in [0.2, 0.25) is 0 Å². The molecule has 2 rings (SSSR count). The molecule has 1 aromatic heterocycles. The van der Waals surface area contributed by atoms with Gasteiger partial charge in [-0.05, 0) is 23.8 Å². The lowest BCUT2D eigenvalue weighted by molar-refractivity contribution is -0.131. The number of benzene rings is 1. The first-order chi connectivity index (χ1) is 8.16. The molecule has 5 heteroatoms. The highest BCUT2D eigenvalue weighted by Crippen LogP contribution is 2.08. The van der Waals surface area contributed by atoms with E-state index in [4.69, 9.17) is 5.11 Å². The fourth-order valence-electron chi connectivity index (χ4n) is 1.44. The van der Waals surface area contributed by atoms with Gasteiger partial charge in [0.1, 0.15) is 0 Å². The summed E-state index contributed by atoms with van der Waals surface area (Å²) in [5.41, 5.74) is 1.28. The molecule has 0 spiro atoms. The van der Waals surface area contributed by atoms with E-state index in [1.54, 1.807) is 36.7 Å². The summed E-state index contributed by atoms with van der Waals surface area (Å²) in [6.07, 6.45) is 5.74. The molecule has 0 aliphatic carbocycles. The summed E-state index contributed by atoms with van der Waals surface area (Å²) in [6, 6.07) is 6.98. The van der Waals surface area contributed by atoms with E-state index in [1.807, 2.05) is 0 Å². The van der Waals surface area contributed by atoms with Gasteiger partial charge in [0.05, 0.1) is 5.69 Å². The van der Waals surface area contributed by atoms with Crippen molar-refractivity contribution in [2.24, 2.45) is 0 Å². The lowest BCUT2D eigenvalue weighted by Gasteiger charge is -2.00. The number of nitrogens with zero attached hydrogens (tertiary/aromatic N) is 1. The molecule has 0 amide bonds. The van der Waals surface area contributed by atoms with Gasteiger partial charge in [-0.1, -0.05) is 12.1 Å². The van der Waals surface area contributed by atoms with Gasteiger partial charge in [0.15, 0.2) is 0 Å². The van der Waals surface area contributed by atoms with Crippen LogP contribution >= 0.6 is 0 Å². The van der Waals surface area contributed by atoms with Gasteiger partial charge in [-0.15, -0.1) is 0 Å². The lowest BCUT2D eigenvalue weighted by atomic mass is 10.2. The van der Waals surface area contributed by atoms with Crippen LogP contribution in [0.15, 0.2) is 47.5 Å². The zero-order valence-electron chi connectivity index (χ0n) is 8.83. The average molecular weight is 230 g/mol. The third-order valence-corrected chi connectivity index (χ3v) is 2.24. The quantitative estimate of drug-likeness (QED) is 0.779. The Bertz CT molecular complexity index is 605. The highest BCUT2D eigenvalue weighted by Gasteiger charge is 1.98. The summed E-state index contributed by atoms with van der Waals surface area (Å²) in [7, 11) is 0. The van der Waals surface area contributed by atoms with Crippen LogP contribution in [0.3, 0.4) is 0 Å². The van der Waals surface area contributed by atoms with Crippen LogP contribution in [-0.2, 0) is 4.79 Å². The molecule has 0 saturated carbocycles. The number of carboxylic acids is 1. The van der Waals surface area contributed by atoms with E-state index in [9.17, 15) is 9.59 Å². The predicted octanol–water partition coefficient (Wildman–Crippen LogP) is 1.26. The fourth-order valence-corrected chi connectivity index (χ4v) is 1.44. The number of hydrogen-bond acceptors (Lipinski definition) is 2. The Morgan fingerprint density at radius 3 is 2.53 bits per heavy atom. The second-order valence-corrected chi connectivity index (χ2v) is 3.40. The first-order valence-electron chi connectivity index (χ1n) is 4.94. The van der Waals surface area contributed by atoms with Gasteiger partial charge in [-0.3, -0.25) is 4.57 Å². The second kappa shape index (κ2) is 4.52. The van der Waals surface area contributed by atoms with E-state index in [-0.39, 0.29) is 5.69 Å². The SMILES string of the molecule is O=C(O)/C=C/c1ccc(-n2cc[nH]c2=O)cc1. The Hall–Kier alpha value is -2.56. The van der Waals surface area contributed by atoms with E-state index in [0.29, 0.717) is 0 Å². The summed E-state index contributed by atoms with van der Waals surface area (Å²) in [4.78, 5) is 24.2. The summed E-state index contributed by atoms with van der Waals surface area (Å²) in [6.45, 7) is 0. The smallest absolute Gasteiger partial charge is 0.330 e. The maximum absolute atomic E-state index is 11.3. The van der Waals surface area contributed by atoms with Crippen molar-refractivity contribution >= 4 is 12.0 Å². The van der Waals surface area contributed by atoms with Gasteiger partial charge in [0.2, 0.25) is 0 Å². The van der Waals surface area contributed by atoms with Gasteiger partial charge in [-0.25, -0.2) is 9.59 Å². The minimum atomic E-state index is -0.990. The maximum atomic E-state index is 11.3. The number of carboxylic acid groups (broad SMARTS) is 1. The van der Waals surface area contributed by atoms with Crippen LogP contribution in [-0.4, -0.2) is 20.6 Å². The largest absolute Gasteiger partial charge is 0.478 e. The number of hydrogen-bond donors (Lipinski definition) is 2. The highest BCUT2D eigenvalue weighted by molar-refractivity contribution is 5.85. The molecule has 1 heterocycles. The maximum Gasteiger partial charge on any atom is 0.330 e. The molecule has 1 aromatic carbocycles. The van der Waals surface area contributed by atoms with Crippen molar-refractivity contribution in [3.05, 3.63) is 58.8 Å². The third kappa shape index (κ3) is 2.52. The van der Waals surface area contributed by atoms with Gasteiger partial charge >= 0.3 is 11.7 Å². The molecule has 17 heavy (non-hydrogen) atoms. The lowest BCUT2D eigenvalue weighted by Crippen LogP contribution is -2.13. The number of aromatic nitrogens is 2.